The molecule has 1 N–H and O–H groups in total. The Morgan fingerprint density at radius 1 is 1.47 bits per heavy atom. The molecular formula is C11H13ClO3. The van der Waals surface area contributed by atoms with Gasteiger partial charge in [0.15, 0.2) is 5.60 Å². The van der Waals surface area contributed by atoms with Crippen LogP contribution in [0.2, 0.25) is 5.02 Å². The van der Waals surface area contributed by atoms with E-state index < -0.39 is 11.6 Å². The lowest BCUT2D eigenvalue weighted by Gasteiger charge is -2.22. The van der Waals surface area contributed by atoms with Crippen LogP contribution in [0, 0.1) is 6.92 Å². The van der Waals surface area contributed by atoms with E-state index in [1.807, 2.05) is 6.92 Å². The van der Waals surface area contributed by atoms with Gasteiger partial charge >= 0.3 is 5.97 Å². The van der Waals surface area contributed by atoms with E-state index in [1.165, 1.54) is 13.8 Å². The summed E-state index contributed by atoms with van der Waals surface area (Å²) in [4.78, 5) is 10.9. The van der Waals surface area contributed by atoms with Crippen LogP contribution in [-0.4, -0.2) is 16.7 Å². The van der Waals surface area contributed by atoms with Gasteiger partial charge in [0.2, 0.25) is 0 Å². The van der Waals surface area contributed by atoms with Gasteiger partial charge in [-0.2, -0.15) is 0 Å². The molecule has 0 fully saturated rings. The van der Waals surface area contributed by atoms with Crippen LogP contribution in [0.15, 0.2) is 18.2 Å². The molecule has 1 aromatic carbocycles. The van der Waals surface area contributed by atoms with Gasteiger partial charge in [-0.15, -0.1) is 0 Å². The summed E-state index contributed by atoms with van der Waals surface area (Å²) >= 11 is 5.78. The van der Waals surface area contributed by atoms with Gasteiger partial charge in [-0.05, 0) is 44.5 Å². The van der Waals surface area contributed by atoms with E-state index in [4.69, 9.17) is 21.4 Å². The van der Waals surface area contributed by atoms with E-state index in [0.717, 1.165) is 5.56 Å². The van der Waals surface area contributed by atoms with Crippen LogP contribution in [-0.2, 0) is 4.79 Å². The summed E-state index contributed by atoms with van der Waals surface area (Å²) in [5, 5.41) is 9.50. The van der Waals surface area contributed by atoms with Crippen LogP contribution in [0.3, 0.4) is 0 Å². The van der Waals surface area contributed by atoms with Crippen LogP contribution in [0.5, 0.6) is 5.75 Å². The lowest BCUT2D eigenvalue weighted by atomic mass is 10.1. The topological polar surface area (TPSA) is 46.5 Å². The molecule has 4 heteroatoms. The molecule has 0 radical (unpaired) electrons. The molecule has 0 bridgehead atoms. The van der Waals surface area contributed by atoms with E-state index in [-0.39, 0.29) is 0 Å². The fourth-order valence-electron chi connectivity index (χ4n) is 1.05. The highest BCUT2D eigenvalue weighted by Crippen LogP contribution is 2.25. The maximum Gasteiger partial charge on any atom is 0.347 e. The molecular weight excluding hydrogens is 216 g/mol. The minimum absolute atomic E-state index is 0.534. The van der Waals surface area contributed by atoms with Crippen LogP contribution in [0.1, 0.15) is 19.4 Å². The Kier molecular flexibility index (Phi) is 3.25. The smallest absolute Gasteiger partial charge is 0.347 e. The SMILES string of the molecule is Cc1cc(Cl)ccc1OC(C)(C)C(=O)O. The molecule has 1 rings (SSSR count). The third-order valence-corrected chi connectivity index (χ3v) is 2.25. The predicted octanol–water partition coefficient (Wildman–Crippen LogP) is 2.89. The van der Waals surface area contributed by atoms with Crippen LogP contribution < -0.4 is 4.74 Å². The molecule has 0 saturated heterocycles. The molecule has 15 heavy (non-hydrogen) atoms. The number of rotatable bonds is 3. The number of aliphatic carboxylic acids is 1. The van der Waals surface area contributed by atoms with Crippen molar-refractivity contribution >= 4 is 17.6 Å². The number of hydrogen-bond donors (Lipinski definition) is 1. The van der Waals surface area contributed by atoms with Gasteiger partial charge in [-0.25, -0.2) is 4.79 Å². The second kappa shape index (κ2) is 4.11. The first-order valence-corrected chi connectivity index (χ1v) is 4.89. The second-order valence-corrected chi connectivity index (χ2v) is 4.26. The Morgan fingerprint density at radius 2 is 2.07 bits per heavy atom. The lowest BCUT2D eigenvalue weighted by Crippen LogP contribution is -2.38. The Morgan fingerprint density at radius 3 is 2.53 bits per heavy atom. The monoisotopic (exact) mass is 228 g/mol. The van der Waals surface area contributed by atoms with E-state index in [0.29, 0.717) is 10.8 Å². The number of carboxylic acids is 1. The highest BCUT2D eigenvalue weighted by Gasteiger charge is 2.29. The summed E-state index contributed by atoms with van der Waals surface area (Å²) in [7, 11) is 0. The summed E-state index contributed by atoms with van der Waals surface area (Å²) in [6.07, 6.45) is 0. The number of carbonyl (C=O) groups is 1. The number of ether oxygens (including phenoxy) is 1. The molecule has 1 aromatic rings. The average molecular weight is 229 g/mol. The molecule has 82 valence electrons. The normalized spacial score (nSPS) is 11.2. The first-order valence-electron chi connectivity index (χ1n) is 4.51. The fraction of sp³-hybridized carbons (Fsp3) is 0.364. The summed E-state index contributed by atoms with van der Waals surface area (Å²) < 4.78 is 5.39. The minimum Gasteiger partial charge on any atom is -0.478 e. The van der Waals surface area contributed by atoms with Gasteiger partial charge in [-0.3, -0.25) is 0 Å². The summed E-state index contributed by atoms with van der Waals surface area (Å²) in [6, 6.07) is 5.07. The third-order valence-electron chi connectivity index (χ3n) is 2.02. The quantitative estimate of drug-likeness (QED) is 0.865. The van der Waals surface area contributed by atoms with Crippen molar-refractivity contribution in [2.75, 3.05) is 0 Å². The van der Waals surface area contributed by atoms with E-state index in [2.05, 4.69) is 0 Å². The molecule has 0 spiro atoms. The summed E-state index contributed by atoms with van der Waals surface area (Å²) in [6.45, 7) is 4.83. The minimum atomic E-state index is -1.24. The standard InChI is InChI=1S/C11H13ClO3/c1-7-6-8(12)4-5-9(7)15-11(2,3)10(13)14/h4-6H,1-3H3,(H,13,14). The van der Waals surface area contributed by atoms with Crippen molar-refractivity contribution in [1.82, 2.24) is 0 Å². The van der Waals surface area contributed by atoms with Crippen molar-refractivity contribution in [2.45, 2.75) is 26.4 Å². The maximum absolute atomic E-state index is 10.9. The Labute approximate surface area is 93.6 Å². The van der Waals surface area contributed by atoms with Crippen LogP contribution in [0.4, 0.5) is 0 Å². The fourth-order valence-corrected chi connectivity index (χ4v) is 1.27. The van der Waals surface area contributed by atoms with Crippen molar-refractivity contribution in [2.24, 2.45) is 0 Å². The largest absolute Gasteiger partial charge is 0.478 e. The van der Waals surface area contributed by atoms with Gasteiger partial charge < -0.3 is 9.84 Å². The number of carboxylic acid groups (broad SMARTS) is 1. The molecule has 0 aromatic heterocycles. The average Bonchev–Trinajstić information content (AvgIpc) is 2.09. The lowest BCUT2D eigenvalue weighted by molar-refractivity contribution is -0.152. The van der Waals surface area contributed by atoms with Gasteiger partial charge in [0.1, 0.15) is 5.75 Å². The molecule has 0 aliphatic carbocycles. The Bertz CT molecular complexity index is 385. The van der Waals surface area contributed by atoms with Crippen LogP contribution in [0.25, 0.3) is 0 Å². The third kappa shape index (κ3) is 2.86. The van der Waals surface area contributed by atoms with E-state index in [1.54, 1.807) is 18.2 Å². The number of benzene rings is 1. The molecule has 0 unspecified atom stereocenters. The highest BCUT2D eigenvalue weighted by molar-refractivity contribution is 6.30. The molecule has 0 heterocycles. The first-order chi connectivity index (χ1) is 6.83. The zero-order valence-electron chi connectivity index (χ0n) is 8.87. The molecule has 3 nitrogen and oxygen atoms in total. The zero-order valence-corrected chi connectivity index (χ0v) is 9.63. The second-order valence-electron chi connectivity index (χ2n) is 3.83. The molecule has 0 aliphatic heterocycles. The summed E-state index contributed by atoms with van der Waals surface area (Å²) in [5.41, 5.74) is -0.421. The van der Waals surface area contributed by atoms with Crippen molar-refractivity contribution in [3.05, 3.63) is 28.8 Å². The maximum atomic E-state index is 10.9. The molecule has 0 saturated carbocycles. The first kappa shape index (κ1) is 11.9. The molecule has 0 amide bonds. The van der Waals surface area contributed by atoms with E-state index in [9.17, 15) is 4.79 Å². The van der Waals surface area contributed by atoms with Crippen molar-refractivity contribution < 1.29 is 14.6 Å². The predicted molar refractivity (Wildman–Crippen MR) is 58.5 cm³/mol. The number of hydrogen-bond acceptors (Lipinski definition) is 2. The van der Waals surface area contributed by atoms with Crippen molar-refractivity contribution in [3.63, 3.8) is 0 Å². The Hall–Kier alpha value is -1.22. The van der Waals surface area contributed by atoms with Crippen molar-refractivity contribution in [3.8, 4) is 5.75 Å². The van der Waals surface area contributed by atoms with Gasteiger partial charge in [0.25, 0.3) is 0 Å². The highest BCUT2D eigenvalue weighted by atomic mass is 35.5. The van der Waals surface area contributed by atoms with E-state index >= 15 is 0 Å². The van der Waals surface area contributed by atoms with Gasteiger partial charge in [0.05, 0.1) is 0 Å². The molecule has 0 aliphatic rings. The van der Waals surface area contributed by atoms with Crippen molar-refractivity contribution in [1.29, 1.82) is 0 Å². The number of aryl methyl sites for hydroxylation is 1. The Balaban J connectivity index is 2.95. The number of halogens is 1. The summed E-state index contributed by atoms with van der Waals surface area (Å²) in [5.74, 6) is -0.469. The van der Waals surface area contributed by atoms with Crippen LogP contribution >= 0.6 is 11.6 Å². The zero-order chi connectivity index (χ0) is 11.6. The van der Waals surface area contributed by atoms with Gasteiger partial charge in [0, 0.05) is 5.02 Å². The van der Waals surface area contributed by atoms with Gasteiger partial charge in [-0.1, -0.05) is 11.6 Å². The molecule has 0 atom stereocenters.